The molecule has 1 amide bonds. The average Bonchev–Trinajstić information content (AvgIpc) is 2.72. The number of aryl methyl sites for hydroxylation is 1. The first-order valence-corrected chi connectivity index (χ1v) is 11.5. The van der Waals surface area contributed by atoms with Crippen LogP contribution in [-0.4, -0.2) is 38.9 Å². The largest absolute Gasteiger partial charge is 0.342 e. The van der Waals surface area contributed by atoms with Gasteiger partial charge >= 0.3 is 0 Å². The predicted molar refractivity (Wildman–Crippen MR) is 110 cm³/mol. The maximum atomic E-state index is 13.7. The number of nitrogens with one attached hydrogen (secondary N) is 1. The van der Waals surface area contributed by atoms with Crippen molar-refractivity contribution in [3.05, 3.63) is 65.2 Å². The lowest BCUT2D eigenvalue weighted by molar-refractivity contribution is -0.132. The van der Waals surface area contributed by atoms with Crippen molar-refractivity contribution >= 4 is 15.9 Å². The molecule has 5 nitrogen and oxygen atoms in total. The van der Waals surface area contributed by atoms with Gasteiger partial charge in [0, 0.05) is 31.6 Å². The van der Waals surface area contributed by atoms with Crippen LogP contribution in [0.1, 0.15) is 30.4 Å². The van der Waals surface area contributed by atoms with E-state index in [-0.39, 0.29) is 41.7 Å². The number of nitrogens with zero attached hydrogens (tertiary/aromatic N) is 1. The van der Waals surface area contributed by atoms with E-state index in [9.17, 15) is 22.0 Å². The van der Waals surface area contributed by atoms with Crippen molar-refractivity contribution in [1.82, 2.24) is 9.62 Å². The number of rotatable bonds is 7. The monoisotopic (exact) mass is 436 g/mol. The quantitative estimate of drug-likeness (QED) is 0.723. The van der Waals surface area contributed by atoms with Gasteiger partial charge in [0.2, 0.25) is 15.9 Å². The van der Waals surface area contributed by atoms with E-state index in [1.165, 1.54) is 18.2 Å². The van der Waals surface area contributed by atoms with Crippen LogP contribution in [-0.2, 0) is 21.2 Å². The summed E-state index contributed by atoms with van der Waals surface area (Å²) in [6.45, 7) is 3.12. The molecule has 1 saturated heterocycles. The van der Waals surface area contributed by atoms with Gasteiger partial charge in [-0.25, -0.2) is 21.9 Å². The maximum absolute atomic E-state index is 13.7. The lowest BCUT2D eigenvalue weighted by Gasteiger charge is -2.33. The van der Waals surface area contributed by atoms with Crippen LogP contribution in [0.2, 0.25) is 0 Å². The minimum Gasteiger partial charge on any atom is -0.342 e. The summed E-state index contributed by atoms with van der Waals surface area (Å²) in [7, 11) is -3.61. The molecule has 0 aromatic heterocycles. The molecule has 1 atom stereocenters. The summed E-state index contributed by atoms with van der Waals surface area (Å²) >= 11 is 0. The Morgan fingerprint density at radius 2 is 1.80 bits per heavy atom. The highest BCUT2D eigenvalue weighted by atomic mass is 32.2. The summed E-state index contributed by atoms with van der Waals surface area (Å²) in [5, 5.41) is 0. The molecule has 162 valence electrons. The van der Waals surface area contributed by atoms with Gasteiger partial charge in [-0.1, -0.05) is 23.8 Å². The van der Waals surface area contributed by atoms with E-state index in [1.807, 2.05) is 6.92 Å². The van der Waals surface area contributed by atoms with Gasteiger partial charge in [0.25, 0.3) is 0 Å². The van der Waals surface area contributed by atoms with Crippen molar-refractivity contribution in [1.29, 1.82) is 0 Å². The number of sulfonamides is 1. The number of hydrogen-bond donors (Lipinski definition) is 1. The van der Waals surface area contributed by atoms with Crippen molar-refractivity contribution in [2.75, 3.05) is 19.6 Å². The first kappa shape index (κ1) is 22.4. The zero-order valence-corrected chi connectivity index (χ0v) is 17.7. The fourth-order valence-corrected chi connectivity index (χ4v) is 4.76. The number of halogens is 2. The Hall–Kier alpha value is -2.32. The molecule has 1 aliphatic heterocycles. The molecular formula is C22H26F2N2O3S. The third kappa shape index (κ3) is 5.64. The topological polar surface area (TPSA) is 66.5 Å². The summed E-state index contributed by atoms with van der Waals surface area (Å²) in [6, 6.07) is 10.3. The fraction of sp³-hybridized carbons (Fsp3) is 0.409. The highest BCUT2D eigenvalue weighted by Gasteiger charge is 2.25. The Morgan fingerprint density at radius 1 is 1.13 bits per heavy atom. The molecule has 1 aliphatic rings. The number of likely N-dealkylation sites (tertiary alicyclic amines) is 1. The van der Waals surface area contributed by atoms with Crippen molar-refractivity contribution < 1.29 is 22.0 Å². The second-order valence-corrected chi connectivity index (χ2v) is 9.48. The van der Waals surface area contributed by atoms with E-state index >= 15 is 0 Å². The Balaban J connectivity index is 1.53. The Labute approximate surface area is 176 Å². The van der Waals surface area contributed by atoms with Crippen LogP contribution < -0.4 is 4.72 Å². The van der Waals surface area contributed by atoms with Gasteiger partial charge in [-0.3, -0.25) is 4.79 Å². The summed E-state index contributed by atoms with van der Waals surface area (Å²) < 4.78 is 55.1. The van der Waals surface area contributed by atoms with E-state index in [0.29, 0.717) is 13.1 Å². The van der Waals surface area contributed by atoms with Gasteiger partial charge < -0.3 is 4.90 Å². The van der Waals surface area contributed by atoms with Crippen LogP contribution in [0, 0.1) is 24.5 Å². The van der Waals surface area contributed by atoms with Crippen molar-refractivity contribution in [2.45, 2.75) is 37.5 Å². The number of carbonyl (C=O) groups excluding carboxylic acids is 1. The highest BCUT2D eigenvalue weighted by Crippen LogP contribution is 2.20. The van der Waals surface area contributed by atoms with Gasteiger partial charge in [-0.15, -0.1) is 0 Å². The zero-order chi connectivity index (χ0) is 21.7. The number of hydrogen-bond acceptors (Lipinski definition) is 3. The molecule has 2 aromatic rings. The lowest BCUT2D eigenvalue weighted by Crippen LogP contribution is -2.43. The SMILES string of the molecule is Cc1ccc(S(=O)(=O)NCC2CCCN(C(=O)CCc3c(F)cccc3F)C2)cc1. The first-order chi connectivity index (χ1) is 14.3. The molecule has 3 rings (SSSR count). The third-order valence-corrected chi connectivity index (χ3v) is 6.86. The van der Waals surface area contributed by atoms with Crippen molar-refractivity contribution in [3.63, 3.8) is 0 Å². The molecule has 1 N–H and O–H groups in total. The van der Waals surface area contributed by atoms with E-state index < -0.39 is 21.7 Å². The zero-order valence-electron chi connectivity index (χ0n) is 16.9. The van der Waals surface area contributed by atoms with Crippen LogP contribution in [0.15, 0.2) is 47.4 Å². The van der Waals surface area contributed by atoms with Crippen molar-refractivity contribution in [2.24, 2.45) is 5.92 Å². The van der Waals surface area contributed by atoms with Crippen LogP contribution in [0.4, 0.5) is 8.78 Å². The summed E-state index contributed by atoms with van der Waals surface area (Å²) in [5.41, 5.74) is 0.899. The smallest absolute Gasteiger partial charge is 0.240 e. The predicted octanol–water partition coefficient (Wildman–Crippen LogP) is 3.42. The van der Waals surface area contributed by atoms with Gasteiger partial charge in [-0.2, -0.15) is 0 Å². The standard InChI is InChI=1S/C22H26F2N2O3S/c1-16-7-9-18(10-8-16)30(28,29)25-14-17-4-3-13-26(15-17)22(27)12-11-19-20(23)5-2-6-21(19)24/h2,5-10,17,25H,3-4,11-15H2,1H3. The highest BCUT2D eigenvalue weighted by molar-refractivity contribution is 7.89. The summed E-state index contributed by atoms with van der Waals surface area (Å²) in [4.78, 5) is 14.4. The van der Waals surface area contributed by atoms with Crippen LogP contribution in [0.3, 0.4) is 0 Å². The van der Waals surface area contributed by atoms with Crippen LogP contribution in [0.5, 0.6) is 0 Å². The molecule has 0 saturated carbocycles. The molecule has 1 unspecified atom stereocenters. The molecule has 8 heteroatoms. The Morgan fingerprint density at radius 3 is 2.47 bits per heavy atom. The summed E-state index contributed by atoms with van der Waals surface area (Å²) in [6.07, 6.45) is 1.58. The number of amides is 1. The molecule has 1 fully saturated rings. The maximum Gasteiger partial charge on any atom is 0.240 e. The molecule has 0 bridgehead atoms. The van der Waals surface area contributed by atoms with Crippen LogP contribution in [0.25, 0.3) is 0 Å². The normalized spacial score (nSPS) is 17.2. The van der Waals surface area contributed by atoms with Crippen LogP contribution >= 0.6 is 0 Å². The van der Waals surface area contributed by atoms with Gasteiger partial charge in [-0.05, 0) is 56.4 Å². The number of benzene rings is 2. The molecule has 0 spiro atoms. The van der Waals surface area contributed by atoms with E-state index in [2.05, 4.69) is 4.72 Å². The molecule has 2 aromatic carbocycles. The van der Waals surface area contributed by atoms with Gasteiger partial charge in [0.1, 0.15) is 11.6 Å². The van der Waals surface area contributed by atoms with Gasteiger partial charge in [0.05, 0.1) is 4.90 Å². The summed E-state index contributed by atoms with van der Waals surface area (Å²) in [5.74, 6) is -1.48. The Kier molecular flexibility index (Phi) is 7.20. The minimum atomic E-state index is -3.61. The van der Waals surface area contributed by atoms with E-state index in [4.69, 9.17) is 0 Å². The van der Waals surface area contributed by atoms with Gasteiger partial charge in [0.15, 0.2) is 0 Å². The number of carbonyl (C=O) groups is 1. The molecular weight excluding hydrogens is 410 g/mol. The Bertz CT molecular complexity index is 974. The fourth-order valence-electron chi connectivity index (χ4n) is 3.65. The lowest BCUT2D eigenvalue weighted by atomic mass is 9.97. The molecule has 0 radical (unpaired) electrons. The second-order valence-electron chi connectivity index (χ2n) is 7.71. The van der Waals surface area contributed by atoms with E-state index in [0.717, 1.165) is 18.4 Å². The van der Waals surface area contributed by atoms with Crippen molar-refractivity contribution in [3.8, 4) is 0 Å². The molecule has 30 heavy (non-hydrogen) atoms. The second kappa shape index (κ2) is 9.66. The average molecular weight is 437 g/mol. The number of piperidine rings is 1. The third-order valence-electron chi connectivity index (χ3n) is 5.42. The first-order valence-electron chi connectivity index (χ1n) is 10.0. The minimum absolute atomic E-state index is 0.00143. The molecule has 0 aliphatic carbocycles. The molecule has 1 heterocycles. The van der Waals surface area contributed by atoms with E-state index in [1.54, 1.807) is 29.2 Å².